The van der Waals surface area contributed by atoms with Gasteiger partial charge in [-0.3, -0.25) is 0 Å². The van der Waals surface area contributed by atoms with Crippen LogP contribution in [0, 0.1) is 5.92 Å². The van der Waals surface area contributed by atoms with Crippen molar-refractivity contribution in [2.45, 2.75) is 77.3 Å². The molecule has 0 aromatic heterocycles. The lowest BCUT2D eigenvalue weighted by atomic mass is 10.1. The van der Waals surface area contributed by atoms with E-state index in [1.165, 1.54) is 0 Å². The Hall–Kier alpha value is -0.0900. The van der Waals surface area contributed by atoms with Crippen LogP contribution in [0.2, 0.25) is 0 Å². The van der Waals surface area contributed by atoms with E-state index in [1.807, 2.05) is 34.6 Å². The predicted octanol–water partition coefficient (Wildman–Crippen LogP) is 3.00. The minimum Gasteiger partial charge on any atom is -0.313 e. The summed E-state index contributed by atoms with van der Waals surface area (Å²) in [5, 5.41) is 2.84. The molecule has 3 unspecified atom stereocenters. The fourth-order valence-electron chi connectivity index (χ4n) is 2.39. The van der Waals surface area contributed by atoms with Crippen molar-refractivity contribution in [1.82, 2.24) is 5.32 Å². The van der Waals surface area contributed by atoms with Crippen molar-refractivity contribution in [3.8, 4) is 0 Å². The highest BCUT2D eigenvalue weighted by Crippen LogP contribution is 2.23. The molecule has 0 rings (SSSR count). The Morgan fingerprint density at radius 1 is 1.06 bits per heavy atom. The average Bonchev–Trinajstić information content (AvgIpc) is 2.29. The lowest BCUT2D eigenvalue weighted by Crippen LogP contribution is -2.47. The van der Waals surface area contributed by atoms with E-state index in [4.69, 9.17) is 0 Å². The largest absolute Gasteiger partial charge is 0.313 e. The van der Waals surface area contributed by atoms with Crippen LogP contribution in [0.1, 0.15) is 60.8 Å². The highest BCUT2D eigenvalue weighted by molar-refractivity contribution is 7.92. The first-order valence-electron chi connectivity index (χ1n) is 7.28. The van der Waals surface area contributed by atoms with Crippen LogP contribution in [0.25, 0.3) is 0 Å². The molecule has 0 amide bonds. The van der Waals surface area contributed by atoms with Gasteiger partial charge in [-0.05, 0) is 32.2 Å². The lowest BCUT2D eigenvalue weighted by Gasteiger charge is -2.30. The van der Waals surface area contributed by atoms with Gasteiger partial charge >= 0.3 is 0 Å². The van der Waals surface area contributed by atoms with Gasteiger partial charge in [0.05, 0.1) is 10.5 Å². The molecule has 3 nitrogen and oxygen atoms in total. The van der Waals surface area contributed by atoms with Crippen LogP contribution in [0.3, 0.4) is 0 Å². The van der Waals surface area contributed by atoms with Crippen molar-refractivity contribution >= 4 is 9.84 Å². The summed E-state index contributed by atoms with van der Waals surface area (Å²) >= 11 is 0. The van der Waals surface area contributed by atoms with E-state index in [0.29, 0.717) is 6.42 Å². The summed E-state index contributed by atoms with van der Waals surface area (Å²) in [6.45, 7) is 12.8. The third kappa shape index (κ3) is 4.54. The van der Waals surface area contributed by atoms with Gasteiger partial charge in [0.25, 0.3) is 0 Å². The zero-order valence-corrected chi connectivity index (χ0v) is 13.7. The molecule has 0 aliphatic carbocycles. The van der Waals surface area contributed by atoms with Crippen LogP contribution in [0.4, 0.5) is 0 Å². The summed E-state index contributed by atoms with van der Waals surface area (Å²) in [4.78, 5) is 0. The van der Waals surface area contributed by atoms with Crippen molar-refractivity contribution in [2.24, 2.45) is 5.92 Å². The van der Waals surface area contributed by atoms with Crippen LogP contribution in [-0.4, -0.2) is 31.5 Å². The zero-order valence-electron chi connectivity index (χ0n) is 12.9. The van der Waals surface area contributed by atoms with Crippen LogP contribution in [-0.2, 0) is 9.84 Å². The topological polar surface area (TPSA) is 46.2 Å². The fourth-order valence-corrected chi connectivity index (χ4v) is 4.86. The molecule has 0 saturated heterocycles. The van der Waals surface area contributed by atoms with Gasteiger partial charge in [-0.1, -0.05) is 41.0 Å². The van der Waals surface area contributed by atoms with E-state index < -0.39 is 9.84 Å². The molecular weight excluding hydrogens is 246 g/mol. The van der Waals surface area contributed by atoms with Crippen molar-refractivity contribution in [2.75, 3.05) is 6.54 Å². The normalized spacial score (nSPS) is 17.7. The minimum absolute atomic E-state index is 0.0937. The van der Waals surface area contributed by atoms with Gasteiger partial charge in [0.15, 0.2) is 9.84 Å². The Balaban J connectivity index is 5.13. The van der Waals surface area contributed by atoms with Gasteiger partial charge in [-0.15, -0.1) is 0 Å². The molecule has 4 heteroatoms. The molecule has 0 bridgehead atoms. The summed E-state index contributed by atoms with van der Waals surface area (Å²) in [7, 11) is -3.06. The van der Waals surface area contributed by atoms with E-state index in [9.17, 15) is 8.42 Å². The molecule has 0 fully saturated rings. The zero-order chi connectivity index (χ0) is 14.3. The van der Waals surface area contributed by atoms with Gasteiger partial charge in [-0.2, -0.15) is 0 Å². The molecule has 0 aliphatic rings. The van der Waals surface area contributed by atoms with Gasteiger partial charge in [-0.25, -0.2) is 8.42 Å². The van der Waals surface area contributed by atoms with E-state index >= 15 is 0 Å². The molecule has 0 saturated carbocycles. The second-order valence-electron chi connectivity index (χ2n) is 5.44. The molecule has 1 N–H and O–H groups in total. The third-order valence-electron chi connectivity index (χ3n) is 3.80. The molecule has 0 spiro atoms. The number of sulfone groups is 1. The first kappa shape index (κ1) is 17.9. The van der Waals surface area contributed by atoms with Crippen molar-refractivity contribution in [3.05, 3.63) is 0 Å². The first-order valence-corrected chi connectivity index (χ1v) is 8.89. The second kappa shape index (κ2) is 8.16. The summed E-state index contributed by atoms with van der Waals surface area (Å²) in [5.74, 6) is 0.174. The van der Waals surface area contributed by atoms with Gasteiger partial charge in [0.2, 0.25) is 0 Å². The Kier molecular flexibility index (Phi) is 8.11. The van der Waals surface area contributed by atoms with Crippen molar-refractivity contribution < 1.29 is 8.42 Å². The molecule has 18 heavy (non-hydrogen) atoms. The molecule has 0 heterocycles. The van der Waals surface area contributed by atoms with Crippen LogP contribution in [0.5, 0.6) is 0 Å². The Labute approximate surface area is 114 Å². The summed E-state index contributed by atoms with van der Waals surface area (Å²) in [6.07, 6.45) is 2.63. The van der Waals surface area contributed by atoms with E-state index in [-0.39, 0.29) is 22.5 Å². The minimum atomic E-state index is -3.06. The molecule has 110 valence electrons. The Morgan fingerprint density at radius 2 is 1.61 bits per heavy atom. The summed E-state index contributed by atoms with van der Waals surface area (Å²) in [5.41, 5.74) is 0. The monoisotopic (exact) mass is 277 g/mol. The smallest absolute Gasteiger partial charge is 0.157 e. The number of nitrogens with one attached hydrogen (secondary N) is 1. The van der Waals surface area contributed by atoms with Crippen molar-refractivity contribution in [1.29, 1.82) is 0 Å². The van der Waals surface area contributed by atoms with Crippen LogP contribution >= 0.6 is 0 Å². The number of rotatable bonds is 9. The average molecular weight is 277 g/mol. The summed E-state index contributed by atoms with van der Waals surface area (Å²) in [6, 6.07) is 0.0937. The maximum absolute atomic E-state index is 12.7. The Morgan fingerprint density at radius 3 is 1.94 bits per heavy atom. The van der Waals surface area contributed by atoms with Gasteiger partial charge < -0.3 is 5.32 Å². The maximum Gasteiger partial charge on any atom is 0.157 e. The molecule has 3 atom stereocenters. The van der Waals surface area contributed by atoms with E-state index in [0.717, 1.165) is 19.4 Å². The fraction of sp³-hybridized carbons (Fsp3) is 1.00. The standard InChI is InChI=1S/C14H31NO2S/c1-7-10-13(15-9-3)14(8-2)18(16,17)12(6)11(4)5/h11-15H,7-10H2,1-6H3. The van der Waals surface area contributed by atoms with E-state index in [2.05, 4.69) is 12.2 Å². The van der Waals surface area contributed by atoms with Gasteiger partial charge in [0.1, 0.15) is 0 Å². The quantitative estimate of drug-likeness (QED) is 0.704. The number of hydrogen-bond donors (Lipinski definition) is 1. The third-order valence-corrected chi connectivity index (χ3v) is 6.88. The lowest BCUT2D eigenvalue weighted by molar-refractivity contribution is 0.436. The number of hydrogen-bond acceptors (Lipinski definition) is 3. The highest BCUT2D eigenvalue weighted by atomic mass is 32.2. The maximum atomic E-state index is 12.7. The van der Waals surface area contributed by atoms with Crippen LogP contribution < -0.4 is 5.32 Å². The molecular formula is C14H31NO2S. The van der Waals surface area contributed by atoms with Crippen LogP contribution in [0.15, 0.2) is 0 Å². The first-order chi connectivity index (χ1) is 8.32. The molecule has 0 radical (unpaired) electrons. The Bertz CT molecular complexity index is 306. The molecule has 0 aromatic rings. The highest BCUT2D eigenvalue weighted by Gasteiger charge is 2.36. The van der Waals surface area contributed by atoms with E-state index in [1.54, 1.807) is 0 Å². The second-order valence-corrected chi connectivity index (χ2v) is 7.96. The van der Waals surface area contributed by atoms with Gasteiger partial charge in [0, 0.05) is 6.04 Å². The predicted molar refractivity (Wildman–Crippen MR) is 79.7 cm³/mol. The van der Waals surface area contributed by atoms with Crippen molar-refractivity contribution in [3.63, 3.8) is 0 Å². The SMILES string of the molecule is CCCC(NCC)C(CC)S(=O)(=O)C(C)C(C)C. The molecule has 0 aliphatic heterocycles. The molecule has 0 aromatic carbocycles. The summed E-state index contributed by atoms with van der Waals surface area (Å²) < 4.78 is 25.3.